The lowest BCUT2D eigenvalue weighted by molar-refractivity contribution is -0.146. The highest BCUT2D eigenvalue weighted by molar-refractivity contribution is 5.70. The van der Waals surface area contributed by atoms with Gasteiger partial charge in [0.1, 0.15) is 0 Å². The van der Waals surface area contributed by atoms with Crippen molar-refractivity contribution < 1.29 is 19.8 Å². The van der Waals surface area contributed by atoms with Crippen LogP contribution in [0.4, 0.5) is 0 Å². The largest absolute Gasteiger partial charge is 0.481 e. The van der Waals surface area contributed by atoms with E-state index in [-0.39, 0.29) is 57.2 Å². The van der Waals surface area contributed by atoms with Gasteiger partial charge in [0.05, 0.1) is 23.2 Å². The molecular formula is C34H62N4O4. The minimum Gasteiger partial charge on any atom is -0.481 e. The van der Waals surface area contributed by atoms with Gasteiger partial charge in [0.25, 0.3) is 0 Å². The van der Waals surface area contributed by atoms with E-state index >= 15 is 0 Å². The molecule has 0 aromatic rings. The van der Waals surface area contributed by atoms with Crippen LogP contribution in [0.15, 0.2) is 0 Å². The first-order chi connectivity index (χ1) is 19.3. The second-order valence-electron chi connectivity index (χ2n) is 16.8. The van der Waals surface area contributed by atoms with Gasteiger partial charge in [-0.3, -0.25) is 30.9 Å². The summed E-state index contributed by atoms with van der Waals surface area (Å²) < 4.78 is 0. The number of hydrogen-bond donors (Lipinski definition) is 6. The van der Waals surface area contributed by atoms with Crippen LogP contribution < -0.4 is 21.3 Å². The first-order valence-electron chi connectivity index (χ1n) is 17.0. The molecule has 4 aliphatic rings. The van der Waals surface area contributed by atoms with Gasteiger partial charge in [-0.15, -0.1) is 0 Å². The van der Waals surface area contributed by atoms with Gasteiger partial charge >= 0.3 is 11.9 Å². The van der Waals surface area contributed by atoms with Gasteiger partial charge in [0.15, 0.2) is 0 Å². The van der Waals surface area contributed by atoms with Crippen molar-refractivity contribution in [2.45, 2.75) is 179 Å². The van der Waals surface area contributed by atoms with Gasteiger partial charge in [-0.1, -0.05) is 25.7 Å². The third kappa shape index (κ3) is 6.87. The predicted octanol–water partition coefficient (Wildman–Crippen LogP) is 6.00. The molecule has 4 unspecified atom stereocenters. The summed E-state index contributed by atoms with van der Waals surface area (Å²) in [5.41, 5.74) is -0.591. The molecule has 8 nitrogen and oxygen atoms in total. The minimum atomic E-state index is -0.661. The Balaban J connectivity index is 1.25. The molecule has 242 valence electrons. The van der Waals surface area contributed by atoms with E-state index in [0.29, 0.717) is 12.8 Å². The van der Waals surface area contributed by atoms with Gasteiger partial charge in [0.2, 0.25) is 0 Å². The number of carboxylic acids is 2. The number of carboxylic acid groups (broad SMARTS) is 2. The Hall–Kier alpha value is -1.22. The van der Waals surface area contributed by atoms with Crippen molar-refractivity contribution in [3.05, 3.63) is 0 Å². The molecule has 2 saturated heterocycles. The molecule has 2 saturated carbocycles. The maximum Gasteiger partial charge on any atom is 0.306 e. The topological polar surface area (TPSA) is 123 Å². The standard InChI is InChI=1S/C34H62N4O4/c1-29(2)30(3,4)36-33(35-29)19-13-15-23(21-33)25(27(39)40)17-11-9-10-12-18-26(28(41)42)24-16-14-20-34(22-24)37-31(5,6)32(7,8)38-34/h23-26,35-38H,9-22H2,1-8H3,(H,39,40)(H,41,42). The maximum atomic E-state index is 12.4. The van der Waals surface area contributed by atoms with Crippen molar-refractivity contribution in [1.29, 1.82) is 0 Å². The summed E-state index contributed by atoms with van der Waals surface area (Å²) in [7, 11) is 0. The molecule has 4 atom stereocenters. The molecule has 2 heterocycles. The van der Waals surface area contributed by atoms with Crippen molar-refractivity contribution in [1.82, 2.24) is 21.3 Å². The van der Waals surface area contributed by atoms with Crippen molar-refractivity contribution in [3.63, 3.8) is 0 Å². The molecule has 0 radical (unpaired) electrons. The molecule has 0 aromatic carbocycles. The smallest absolute Gasteiger partial charge is 0.306 e. The highest BCUT2D eigenvalue weighted by Gasteiger charge is 2.56. The van der Waals surface area contributed by atoms with E-state index in [1.807, 2.05) is 0 Å². The predicted molar refractivity (Wildman–Crippen MR) is 168 cm³/mol. The summed E-state index contributed by atoms with van der Waals surface area (Å²) in [6.45, 7) is 17.9. The van der Waals surface area contributed by atoms with E-state index in [0.717, 1.165) is 77.0 Å². The number of hydrogen-bond acceptors (Lipinski definition) is 6. The first-order valence-corrected chi connectivity index (χ1v) is 17.0. The van der Waals surface area contributed by atoms with Gasteiger partial charge < -0.3 is 10.2 Å². The molecular weight excluding hydrogens is 528 g/mol. The number of aliphatic carboxylic acids is 2. The summed E-state index contributed by atoms with van der Waals surface area (Å²) in [5.74, 6) is -1.62. The second kappa shape index (κ2) is 11.9. The molecule has 2 aliphatic carbocycles. The molecule has 2 spiro atoms. The lowest BCUT2D eigenvalue weighted by Crippen LogP contribution is -2.56. The summed E-state index contributed by atoms with van der Waals surface area (Å²) in [5, 5.41) is 35.8. The fraction of sp³-hybridized carbons (Fsp3) is 0.941. The Morgan fingerprint density at radius 3 is 1.19 bits per heavy atom. The summed E-state index contributed by atoms with van der Waals surface area (Å²) in [6, 6.07) is 0. The van der Waals surface area contributed by atoms with Crippen molar-refractivity contribution >= 4 is 11.9 Å². The molecule has 0 amide bonds. The highest BCUT2D eigenvalue weighted by atomic mass is 16.4. The second-order valence-corrected chi connectivity index (χ2v) is 16.8. The van der Waals surface area contributed by atoms with Crippen molar-refractivity contribution in [2.75, 3.05) is 0 Å². The molecule has 4 fully saturated rings. The van der Waals surface area contributed by atoms with Crippen LogP contribution in [0, 0.1) is 23.7 Å². The Morgan fingerprint density at radius 2 is 0.905 bits per heavy atom. The summed E-state index contributed by atoms with van der Waals surface area (Å²) in [6.07, 6.45) is 13.0. The molecule has 8 heteroatoms. The fourth-order valence-electron chi connectivity index (χ4n) is 9.06. The van der Waals surface area contributed by atoms with Crippen molar-refractivity contribution in [3.8, 4) is 0 Å². The average Bonchev–Trinajstić information content (AvgIpc) is 3.12. The quantitative estimate of drug-likeness (QED) is 0.162. The van der Waals surface area contributed by atoms with Crippen LogP contribution in [0.3, 0.4) is 0 Å². The first kappa shape index (κ1) is 33.7. The van der Waals surface area contributed by atoms with Gasteiger partial charge in [-0.05, 0) is 131 Å². The lowest BCUT2D eigenvalue weighted by Gasteiger charge is -2.42. The lowest BCUT2D eigenvalue weighted by atomic mass is 9.73. The Kier molecular flexibility index (Phi) is 9.57. The van der Waals surface area contributed by atoms with Crippen LogP contribution >= 0.6 is 0 Å². The molecule has 6 N–H and O–H groups in total. The zero-order valence-electron chi connectivity index (χ0n) is 27.9. The van der Waals surface area contributed by atoms with E-state index in [1.165, 1.54) is 0 Å². The summed E-state index contributed by atoms with van der Waals surface area (Å²) >= 11 is 0. The Morgan fingerprint density at radius 1 is 0.595 bits per heavy atom. The van der Waals surface area contributed by atoms with Crippen molar-refractivity contribution in [2.24, 2.45) is 23.7 Å². The van der Waals surface area contributed by atoms with Crippen LogP contribution in [-0.2, 0) is 9.59 Å². The van der Waals surface area contributed by atoms with Gasteiger partial charge in [-0.25, -0.2) is 0 Å². The van der Waals surface area contributed by atoms with Crippen LogP contribution in [0.2, 0.25) is 0 Å². The third-order valence-electron chi connectivity index (χ3n) is 12.5. The van der Waals surface area contributed by atoms with E-state index < -0.39 is 11.9 Å². The van der Waals surface area contributed by atoms with E-state index in [9.17, 15) is 19.8 Å². The molecule has 0 aromatic heterocycles. The minimum absolute atomic E-state index is 0.0586. The number of unbranched alkanes of at least 4 members (excludes halogenated alkanes) is 3. The maximum absolute atomic E-state index is 12.4. The average molecular weight is 591 g/mol. The summed E-state index contributed by atoms with van der Waals surface area (Å²) in [4.78, 5) is 24.8. The van der Waals surface area contributed by atoms with Gasteiger partial charge in [-0.2, -0.15) is 0 Å². The van der Waals surface area contributed by atoms with Crippen LogP contribution in [0.5, 0.6) is 0 Å². The Bertz CT molecular complexity index is 880. The zero-order valence-corrected chi connectivity index (χ0v) is 27.9. The SMILES string of the molecule is CC1(C)NC2(CCCC(C(CCCCCCC(C(=O)O)C3CCCC4(C3)NC(C)(C)C(C)(C)N4)C(=O)O)C2)NC1(C)C. The molecule has 0 bridgehead atoms. The fourth-order valence-corrected chi connectivity index (χ4v) is 9.06. The van der Waals surface area contributed by atoms with E-state index in [4.69, 9.17) is 0 Å². The van der Waals surface area contributed by atoms with Crippen LogP contribution in [0.25, 0.3) is 0 Å². The number of carbonyl (C=O) groups is 2. The zero-order chi connectivity index (χ0) is 31.2. The molecule has 4 rings (SSSR count). The van der Waals surface area contributed by atoms with Crippen LogP contribution in [-0.4, -0.2) is 55.6 Å². The molecule has 42 heavy (non-hydrogen) atoms. The number of nitrogens with one attached hydrogen (secondary N) is 4. The van der Waals surface area contributed by atoms with E-state index in [1.54, 1.807) is 0 Å². The third-order valence-corrected chi connectivity index (χ3v) is 12.5. The van der Waals surface area contributed by atoms with Gasteiger partial charge in [0, 0.05) is 22.2 Å². The monoisotopic (exact) mass is 590 g/mol. The van der Waals surface area contributed by atoms with Crippen LogP contribution in [0.1, 0.15) is 145 Å². The number of rotatable bonds is 11. The molecule has 2 aliphatic heterocycles. The highest BCUT2D eigenvalue weighted by Crippen LogP contribution is 2.45. The normalized spacial score (nSPS) is 31.6. The Labute approximate surface area is 255 Å². The van der Waals surface area contributed by atoms with E-state index in [2.05, 4.69) is 76.7 Å².